The van der Waals surface area contributed by atoms with Crippen molar-refractivity contribution >= 4 is 14.2 Å². The fraction of sp³-hybridized carbons (Fsp3) is 0.182. The molecule has 1 aromatic rings. The number of hydrogen-bond donors (Lipinski definition) is 2. The summed E-state index contributed by atoms with van der Waals surface area (Å²) < 4.78 is 4.69. The van der Waals surface area contributed by atoms with Crippen LogP contribution in [0.5, 0.6) is 0 Å². The number of aromatic nitrogens is 1. The highest BCUT2D eigenvalue weighted by atomic mass is 16.5. The molecule has 2 N–H and O–H groups in total. The molecule has 0 spiro atoms. The van der Waals surface area contributed by atoms with E-state index in [-0.39, 0.29) is 0 Å². The van der Waals surface area contributed by atoms with Gasteiger partial charge >= 0.3 is 14.2 Å². The Kier molecular flexibility index (Phi) is 8.05. The van der Waals surface area contributed by atoms with Gasteiger partial charge in [0.2, 0.25) is 0 Å². The van der Waals surface area contributed by atoms with E-state index < -0.39 is 14.2 Å². The highest BCUT2D eigenvalue weighted by Gasteiger charge is 2.23. The normalized spacial score (nSPS) is 8.71. The topological polar surface area (TPSA) is 62.6 Å². The van der Waals surface area contributed by atoms with E-state index in [0.29, 0.717) is 10.9 Å². The highest BCUT2D eigenvalue weighted by Crippen LogP contribution is 2.00. The molecule has 4 nitrogen and oxygen atoms in total. The van der Waals surface area contributed by atoms with Crippen molar-refractivity contribution in [2.24, 2.45) is 0 Å². The van der Waals surface area contributed by atoms with Crippen LogP contribution in [0, 0.1) is 0 Å². The summed E-state index contributed by atoms with van der Waals surface area (Å²) in [6.07, 6.45) is 3.50. The molecule has 90 valence electrons. The molecule has 0 radical (unpaired) electrons. The van der Waals surface area contributed by atoms with Crippen LogP contribution >= 0.6 is 0 Å². The number of hydrogen-bond acceptors (Lipinski definition) is 4. The third kappa shape index (κ3) is 8.45. The first kappa shape index (κ1) is 15.6. The van der Waals surface area contributed by atoms with Gasteiger partial charge < -0.3 is 14.6 Å². The van der Waals surface area contributed by atoms with Gasteiger partial charge in [-0.3, -0.25) is 4.98 Å². The maximum absolute atomic E-state index is 9.02. The Labute approximate surface area is 103 Å². The number of pyridine rings is 1. The van der Waals surface area contributed by atoms with Crippen LogP contribution in [0.1, 0.15) is 13.8 Å². The van der Waals surface area contributed by atoms with Gasteiger partial charge in [-0.15, -0.1) is 13.2 Å². The average Bonchev–Trinajstić information content (AvgIpc) is 2.31. The summed E-state index contributed by atoms with van der Waals surface area (Å²) in [4.78, 5) is 3.78. The number of allylic oxidation sites excluding steroid dienone is 2. The first-order valence-corrected chi connectivity index (χ1v) is 5.12. The predicted molar refractivity (Wildman–Crippen MR) is 70.9 cm³/mol. The number of rotatable bonds is 4. The van der Waals surface area contributed by atoms with Crippen LogP contribution in [0.2, 0.25) is 0 Å². The van der Waals surface area contributed by atoms with E-state index in [9.17, 15) is 0 Å². The summed E-state index contributed by atoms with van der Waals surface area (Å²) in [6, 6.07) is 5.72. The smallest absolute Gasteiger partial charge is 0.444 e. The van der Waals surface area contributed by atoms with Crippen LogP contribution in [0.15, 0.2) is 54.7 Å². The molecule has 0 aliphatic rings. The van der Waals surface area contributed by atoms with Gasteiger partial charge in [0.05, 0.1) is 0 Å². The zero-order valence-electron chi connectivity index (χ0n) is 10.2. The Morgan fingerprint density at radius 2 is 1.41 bits per heavy atom. The minimum atomic E-state index is -1.12. The molecule has 0 saturated heterocycles. The average molecular weight is 233 g/mol. The Morgan fingerprint density at radius 3 is 1.59 bits per heavy atom. The Morgan fingerprint density at radius 1 is 1.00 bits per heavy atom. The highest BCUT2D eigenvalue weighted by molar-refractivity contribution is 6.65. The minimum absolute atomic E-state index is 0.449. The molecule has 0 saturated carbocycles. The second-order valence-electron chi connectivity index (χ2n) is 3.56. The summed E-state index contributed by atoms with van der Waals surface area (Å²) >= 11 is 0. The lowest BCUT2D eigenvalue weighted by molar-refractivity contribution is 0.370. The van der Waals surface area contributed by atoms with E-state index in [0.717, 1.165) is 0 Å². The summed E-state index contributed by atoms with van der Waals surface area (Å²) in [7, 11) is -2.25. The van der Waals surface area contributed by atoms with Gasteiger partial charge in [0.15, 0.2) is 0 Å². The predicted octanol–water partition coefficient (Wildman–Crippen LogP) is 1.28. The molecule has 0 amide bonds. The van der Waals surface area contributed by atoms with Gasteiger partial charge in [-0.05, 0) is 26.0 Å². The molecule has 0 aromatic carbocycles. The van der Waals surface area contributed by atoms with Crippen LogP contribution in [0.25, 0.3) is 0 Å². The summed E-state index contributed by atoms with van der Waals surface area (Å²) in [5, 5.41) is 18.0. The molecule has 1 heterocycles. The van der Waals surface area contributed by atoms with Crippen molar-refractivity contribution in [3.05, 3.63) is 54.7 Å². The second-order valence-corrected chi connectivity index (χ2v) is 3.56. The molecule has 1 aromatic heterocycles. The molecule has 6 heteroatoms. The molecule has 0 bridgehead atoms. The zero-order chi connectivity index (χ0) is 13.3. The lowest BCUT2D eigenvalue weighted by atomic mass is 9.72. The SMILES string of the molecule is C=C(C)B(O)OB(O)C(=C)C.c1ccncc1. The third-order valence-corrected chi connectivity index (χ3v) is 1.67. The second kappa shape index (κ2) is 8.75. The van der Waals surface area contributed by atoms with Crippen molar-refractivity contribution in [1.29, 1.82) is 0 Å². The number of nitrogens with zero attached hydrogens (tertiary/aromatic N) is 1. The van der Waals surface area contributed by atoms with Gasteiger partial charge in [0.25, 0.3) is 0 Å². The molecular weight excluding hydrogens is 216 g/mol. The van der Waals surface area contributed by atoms with Crippen molar-refractivity contribution in [2.75, 3.05) is 0 Å². The van der Waals surface area contributed by atoms with E-state index in [2.05, 4.69) is 22.7 Å². The van der Waals surface area contributed by atoms with Crippen molar-refractivity contribution in [3.8, 4) is 0 Å². The van der Waals surface area contributed by atoms with Crippen molar-refractivity contribution in [1.82, 2.24) is 4.98 Å². The summed E-state index contributed by atoms with van der Waals surface area (Å²) in [5.41, 5.74) is 0.899. The molecule has 0 atom stereocenters. The lowest BCUT2D eigenvalue weighted by Crippen LogP contribution is -2.31. The van der Waals surface area contributed by atoms with Crippen molar-refractivity contribution < 1.29 is 14.6 Å². The van der Waals surface area contributed by atoms with Gasteiger partial charge in [-0.1, -0.05) is 17.0 Å². The molecule has 0 aliphatic carbocycles. The quantitative estimate of drug-likeness (QED) is 0.768. The maximum atomic E-state index is 9.02. The van der Waals surface area contributed by atoms with Crippen LogP contribution < -0.4 is 0 Å². The van der Waals surface area contributed by atoms with Gasteiger partial charge in [0.1, 0.15) is 0 Å². The Balaban J connectivity index is 0.000000354. The molecule has 0 fully saturated rings. The fourth-order valence-corrected chi connectivity index (χ4v) is 0.667. The van der Waals surface area contributed by atoms with E-state index in [1.807, 2.05) is 18.2 Å². The molecule has 1 rings (SSSR count). The zero-order valence-corrected chi connectivity index (χ0v) is 10.2. The van der Waals surface area contributed by atoms with Crippen LogP contribution in [-0.2, 0) is 4.57 Å². The van der Waals surface area contributed by atoms with Crippen LogP contribution in [-0.4, -0.2) is 29.3 Å². The first-order valence-electron chi connectivity index (χ1n) is 5.12. The van der Waals surface area contributed by atoms with Gasteiger partial charge in [-0.25, -0.2) is 0 Å². The van der Waals surface area contributed by atoms with E-state index in [1.165, 1.54) is 0 Å². The molecule has 17 heavy (non-hydrogen) atoms. The van der Waals surface area contributed by atoms with E-state index >= 15 is 0 Å². The third-order valence-electron chi connectivity index (χ3n) is 1.67. The van der Waals surface area contributed by atoms with Gasteiger partial charge in [-0.2, -0.15) is 0 Å². The van der Waals surface area contributed by atoms with Crippen molar-refractivity contribution in [2.45, 2.75) is 13.8 Å². The maximum Gasteiger partial charge on any atom is 0.472 e. The van der Waals surface area contributed by atoms with Crippen LogP contribution in [0.4, 0.5) is 0 Å². The van der Waals surface area contributed by atoms with Crippen molar-refractivity contribution in [3.63, 3.8) is 0 Å². The van der Waals surface area contributed by atoms with E-state index in [4.69, 9.17) is 10.0 Å². The molecule has 0 unspecified atom stereocenters. The Bertz CT molecular complexity index is 301. The fourth-order valence-electron chi connectivity index (χ4n) is 0.667. The lowest BCUT2D eigenvalue weighted by Gasteiger charge is -2.10. The first-order chi connectivity index (χ1) is 7.95. The Hall–Kier alpha value is -1.36. The minimum Gasteiger partial charge on any atom is -0.444 e. The monoisotopic (exact) mass is 233 g/mol. The standard InChI is InChI=1S/C6H12B2O3.C5H5N/c1-5(2)7(9)11-8(10)6(3)4;1-2-4-6-5-3-1/h9-10H,1,3H2,2,4H3;1-5H. The largest absolute Gasteiger partial charge is 0.472 e. The van der Waals surface area contributed by atoms with Crippen LogP contribution in [0.3, 0.4) is 0 Å². The molecule has 0 aliphatic heterocycles. The molecular formula is C11H17B2NO3. The summed E-state index contributed by atoms with van der Waals surface area (Å²) in [5.74, 6) is 0. The van der Waals surface area contributed by atoms with E-state index in [1.54, 1.807) is 26.2 Å². The van der Waals surface area contributed by atoms with Gasteiger partial charge in [0, 0.05) is 12.4 Å². The summed E-state index contributed by atoms with van der Waals surface area (Å²) in [6.45, 7) is 10.1.